The van der Waals surface area contributed by atoms with Gasteiger partial charge in [-0.15, -0.1) is 0 Å². The molecule has 0 aliphatic carbocycles. The van der Waals surface area contributed by atoms with Gasteiger partial charge in [0.2, 0.25) is 0 Å². The van der Waals surface area contributed by atoms with E-state index in [1.165, 1.54) is 0 Å². The number of hydrogen-bond donors (Lipinski definition) is 0. The van der Waals surface area contributed by atoms with Gasteiger partial charge in [-0.3, -0.25) is 4.79 Å². The molecule has 0 aliphatic heterocycles. The molecule has 0 bridgehead atoms. The Morgan fingerprint density at radius 3 is 2.10 bits per heavy atom. The first-order valence-corrected chi connectivity index (χ1v) is 6.69. The molecule has 4 heteroatoms. The number of carbonyl (C=O) groups is 2. The summed E-state index contributed by atoms with van der Waals surface area (Å²) < 4.78 is 10.3. The van der Waals surface area contributed by atoms with Crippen molar-refractivity contribution < 1.29 is 19.1 Å². The van der Waals surface area contributed by atoms with Crippen LogP contribution in [0.1, 0.15) is 50.5 Å². The lowest BCUT2D eigenvalue weighted by Gasteiger charge is -2.19. The molecular weight excluding hydrogens is 256 g/mol. The molecule has 0 atom stereocenters. The molecule has 0 spiro atoms. The highest BCUT2D eigenvalue weighted by atomic mass is 16.6. The third-order valence-corrected chi connectivity index (χ3v) is 2.30. The first kappa shape index (κ1) is 16.2. The number of carbonyl (C=O) groups excluding carboxylic acids is 2. The van der Waals surface area contributed by atoms with Crippen LogP contribution in [-0.4, -0.2) is 23.6 Å². The molecule has 0 aromatic heterocycles. The molecule has 0 heterocycles. The van der Waals surface area contributed by atoms with Crippen molar-refractivity contribution in [1.29, 1.82) is 0 Å². The Hall–Kier alpha value is -1.84. The number of esters is 2. The Morgan fingerprint density at radius 1 is 1.10 bits per heavy atom. The smallest absolute Gasteiger partial charge is 0.338 e. The second kappa shape index (κ2) is 6.55. The normalized spacial score (nSPS) is 11.3. The van der Waals surface area contributed by atoms with Gasteiger partial charge in [-0.05, 0) is 52.3 Å². The zero-order valence-electron chi connectivity index (χ0n) is 12.7. The van der Waals surface area contributed by atoms with Crippen LogP contribution in [0.5, 0.6) is 0 Å². The van der Waals surface area contributed by atoms with Crippen LogP contribution in [0.3, 0.4) is 0 Å². The quantitative estimate of drug-likeness (QED) is 0.794. The van der Waals surface area contributed by atoms with Gasteiger partial charge in [-0.25, -0.2) is 4.79 Å². The van der Waals surface area contributed by atoms with Gasteiger partial charge in [-0.1, -0.05) is 12.1 Å². The van der Waals surface area contributed by atoms with E-state index < -0.39 is 5.60 Å². The average molecular weight is 278 g/mol. The molecule has 0 fully saturated rings. The molecule has 0 amide bonds. The molecule has 0 unspecified atom stereocenters. The van der Waals surface area contributed by atoms with E-state index in [1.54, 1.807) is 38.1 Å². The van der Waals surface area contributed by atoms with Crippen LogP contribution in [0, 0.1) is 0 Å². The summed E-state index contributed by atoms with van der Waals surface area (Å²) in [7, 11) is 0. The number of hydrogen-bond acceptors (Lipinski definition) is 4. The lowest BCUT2D eigenvalue weighted by Crippen LogP contribution is -2.24. The second-order valence-corrected chi connectivity index (χ2v) is 5.91. The second-order valence-electron chi connectivity index (χ2n) is 5.91. The van der Waals surface area contributed by atoms with Gasteiger partial charge in [0.1, 0.15) is 5.60 Å². The standard InChI is InChI=1S/C16H22O4/c1-11(2)19-15(18)13-8-6-12(7-9-13)10-14(17)20-16(3,4)5/h6-9,11H,10H2,1-5H3. The fourth-order valence-corrected chi connectivity index (χ4v) is 1.59. The fraction of sp³-hybridized carbons (Fsp3) is 0.500. The van der Waals surface area contributed by atoms with Gasteiger partial charge < -0.3 is 9.47 Å². The van der Waals surface area contributed by atoms with Crippen molar-refractivity contribution in [2.24, 2.45) is 0 Å². The van der Waals surface area contributed by atoms with E-state index >= 15 is 0 Å². The highest BCUT2D eigenvalue weighted by Gasteiger charge is 2.16. The molecule has 1 aromatic carbocycles. The molecule has 1 rings (SSSR count). The number of ether oxygens (including phenoxy) is 2. The van der Waals surface area contributed by atoms with E-state index in [1.807, 2.05) is 20.8 Å². The Morgan fingerprint density at radius 2 is 1.65 bits per heavy atom. The average Bonchev–Trinajstić information content (AvgIpc) is 2.26. The van der Waals surface area contributed by atoms with E-state index in [2.05, 4.69) is 0 Å². The number of rotatable bonds is 4. The lowest BCUT2D eigenvalue weighted by atomic mass is 10.1. The minimum atomic E-state index is -0.488. The summed E-state index contributed by atoms with van der Waals surface area (Å²) in [6, 6.07) is 6.79. The Kier molecular flexibility index (Phi) is 5.31. The summed E-state index contributed by atoms with van der Waals surface area (Å²) in [6.45, 7) is 9.09. The van der Waals surface area contributed by atoms with E-state index in [-0.39, 0.29) is 24.5 Å². The maximum atomic E-state index is 11.7. The van der Waals surface area contributed by atoms with Crippen molar-refractivity contribution in [2.75, 3.05) is 0 Å². The zero-order valence-corrected chi connectivity index (χ0v) is 12.7. The van der Waals surface area contributed by atoms with Crippen LogP contribution in [0.2, 0.25) is 0 Å². The van der Waals surface area contributed by atoms with Gasteiger partial charge in [0.15, 0.2) is 0 Å². The SMILES string of the molecule is CC(C)OC(=O)c1ccc(CC(=O)OC(C)(C)C)cc1. The van der Waals surface area contributed by atoms with Crippen LogP contribution in [0.25, 0.3) is 0 Å². The van der Waals surface area contributed by atoms with Crippen LogP contribution in [-0.2, 0) is 20.7 Å². The number of benzene rings is 1. The lowest BCUT2D eigenvalue weighted by molar-refractivity contribution is -0.153. The van der Waals surface area contributed by atoms with Gasteiger partial charge >= 0.3 is 11.9 Å². The zero-order chi connectivity index (χ0) is 15.3. The third kappa shape index (κ3) is 5.87. The molecular formula is C16H22O4. The summed E-state index contributed by atoms with van der Waals surface area (Å²) in [6.07, 6.45) is 0.0421. The minimum Gasteiger partial charge on any atom is -0.460 e. The molecule has 0 saturated carbocycles. The molecule has 0 aliphatic rings. The van der Waals surface area contributed by atoms with Crippen LogP contribution in [0.15, 0.2) is 24.3 Å². The van der Waals surface area contributed by atoms with E-state index in [0.717, 1.165) is 5.56 Å². The molecule has 1 aromatic rings. The van der Waals surface area contributed by atoms with Crippen molar-refractivity contribution in [3.63, 3.8) is 0 Å². The van der Waals surface area contributed by atoms with Crippen LogP contribution >= 0.6 is 0 Å². The predicted octanol–water partition coefficient (Wildman–Crippen LogP) is 3.14. The van der Waals surface area contributed by atoms with Crippen LogP contribution in [0.4, 0.5) is 0 Å². The van der Waals surface area contributed by atoms with Gasteiger partial charge in [-0.2, -0.15) is 0 Å². The highest BCUT2D eigenvalue weighted by Crippen LogP contribution is 2.12. The molecule has 20 heavy (non-hydrogen) atoms. The van der Waals surface area contributed by atoms with Gasteiger partial charge in [0, 0.05) is 0 Å². The predicted molar refractivity (Wildman–Crippen MR) is 76.5 cm³/mol. The van der Waals surface area contributed by atoms with Crippen molar-refractivity contribution >= 4 is 11.9 Å². The monoisotopic (exact) mass is 278 g/mol. The van der Waals surface area contributed by atoms with Crippen molar-refractivity contribution in [3.05, 3.63) is 35.4 Å². The molecule has 110 valence electrons. The maximum absolute atomic E-state index is 11.7. The Bertz CT molecular complexity index is 466. The van der Waals surface area contributed by atoms with E-state index in [9.17, 15) is 9.59 Å². The van der Waals surface area contributed by atoms with Crippen molar-refractivity contribution in [1.82, 2.24) is 0 Å². The molecule has 0 radical (unpaired) electrons. The van der Waals surface area contributed by atoms with Gasteiger partial charge in [0.25, 0.3) is 0 Å². The Labute approximate surface area is 120 Å². The molecule has 0 saturated heterocycles. The van der Waals surface area contributed by atoms with E-state index in [4.69, 9.17) is 9.47 Å². The van der Waals surface area contributed by atoms with Crippen molar-refractivity contribution in [2.45, 2.75) is 52.7 Å². The first-order chi connectivity index (χ1) is 9.17. The van der Waals surface area contributed by atoms with E-state index in [0.29, 0.717) is 5.56 Å². The molecule has 0 N–H and O–H groups in total. The fourth-order valence-electron chi connectivity index (χ4n) is 1.59. The van der Waals surface area contributed by atoms with Crippen LogP contribution < -0.4 is 0 Å². The summed E-state index contributed by atoms with van der Waals surface area (Å²) in [5.74, 6) is -0.640. The van der Waals surface area contributed by atoms with Crippen molar-refractivity contribution in [3.8, 4) is 0 Å². The maximum Gasteiger partial charge on any atom is 0.338 e. The summed E-state index contributed by atoms with van der Waals surface area (Å²) in [4.78, 5) is 23.3. The van der Waals surface area contributed by atoms with Gasteiger partial charge in [0.05, 0.1) is 18.1 Å². The summed E-state index contributed by atoms with van der Waals surface area (Å²) in [5, 5.41) is 0. The third-order valence-electron chi connectivity index (χ3n) is 2.30. The summed E-state index contributed by atoms with van der Waals surface area (Å²) >= 11 is 0. The molecule has 4 nitrogen and oxygen atoms in total. The largest absolute Gasteiger partial charge is 0.460 e. The Balaban J connectivity index is 2.63. The topological polar surface area (TPSA) is 52.6 Å². The highest BCUT2D eigenvalue weighted by molar-refractivity contribution is 5.89. The minimum absolute atomic E-state index is 0.149. The first-order valence-electron chi connectivity index (χ1n) is 6.69. The summed E-state index contributed by atoms with van der Waals surface area (Å²) in [5.41, 5.74) is 0.796.